The molecule has 2 saturated heterocycles. The highest BCUT2D eigenvalue weighted by Crippen LogP contribution is 2.27. The van der Waals surface area contributed by atoms with Crippen molar-refractivity contribution in [3.63, 3.8) is 0 Å². The van der Waals surface area contributed by atoms with Crippen LogP contribution in [-0.4, -0.2) is 29.4 Å². The normalized spacial score (nSPS) is 35.4. The molecule has 0 spiro atoms. The van der Waals surface area contributed by atoms with Gasteiger partial charge in [-0.3, -0.25) is 10.2 Å². The van der Waals surface area contributed by atoms with E-state index in [2.05, 4.69) is 22.0 Å². The van der Waals surface area contributed by atoms with Gasteiger partial charge in [0.1, 0.15) is 0 Å². The van der Waals surface area contributed by atoms with Crippen LogP contribution in [0.5, 0.6) is 0 Å². The number of thioether (sulfide) groups is 1. The van der Waals surface area contributed by atoms with Crippen molar-refractivity contribution in [1.29, 1.82) is 0 Å². The van der Waals surface area contributed by atoms with Gasteiger partial charge in [0.15, 0.2) is 0 Å². The van der Waals surface area contributed by atoms with Gasteiger partial charge in [-0.2, -0.15) is 0 Å². The lowest BCUT2D eigenvalue weighted by molar-refractivity contribution is 0.186. The van der Waals surface area contributed by atoms with Crippen LogP contribution in [0.3, 0.4) is 0 Å². The van der Waals surface area contributed by atoms with E-state index in [-0.39, 0.29) is 0 Å². The predicted molar refractivity (Wildman–Crippen MR) is 44.8 cm³/mol. The van der Waals surface area contributed by atoms with Crippen LogP contribution in [0, 0.1) is 0 Å². The molecular weight excluding hydrogens is 144 g/mol. The first-order valence-electron chi connectivity index (χ1n) is 4.03. The highest BCUT2D eigenvalue weighted by Gasteiger charge is 2.24. The van der Waals surface area contributed by atoms with E-state index in [1.165, 1.54) is 25.8 Å². The molecule has 58 valence electrons. The molecule has 0 amide bonds. The SMILES string of the molecule is C1CCN2CNCSC2C1. The molecule has 1 unspecified atom stereocenters. The van der Waals surface area contributed by atoms with E-state index in [0.717, 1.165) is 17.9 Å². The number of nitrogens with zero attached hydrogens (tertiary/aromatic N) is 1. The second-order valence-corrected chi connectivity index (χ2v) is 4.15. The van der Waals surface area contributed by atoms with Crippen LogP contribution in [-0.2, 0) is 0 Å². The molecule has 2 aliphatic heterocycles. The lowest BCUT2D eigenvalue weighted by Crippen LogP contribution is -2.47. The quantitative estimate of drug-likeness (QED) is 0.567. The summed E-state index contributed by atoms with van der Waals surface area (Å²) in [5.41, 5.74) is 0. The van der Waals surface area contributed by atoms with Gasteiger partial charge < -0.3 is 0 Å². The van der Waals surface area contributed by atoms with Gasteiger partial charge in [0.25, 0.3) is 0 Å². The maximum atomic E-state index is 3.37. The average Bonchev–Trinajstić information content (AvgIpc) is 2.05. The Hall–Kier alpha value is 0.270. The topological polar surface area (TPSA) is 15.3 Å². The molecule has 2 heterocycles. The van der Waals surface area contributed by atoms with E-state index in [1.54, 1.807) is 0 Å². The number of hydrogen-bond donors (Lipinski definition) is 1. The summed E-state index contributed by atoms with van der Waals surface area (Å²) in [7, 11) is 0. The smallest absolute Gasteiger partial charge is 0.0581 e. The van der Waals surface area contributed by atoms with E-state index in [9.17, 15) is 0 Å². The Balaban J connectivity index is 1.93. The summed E-state index contributed by atoms with van der Waals surface area (Å²) in [6.07, 6.45) is 4.25. The van der Waals surface area contributed by atoms with Crippen LogP contribution in [0.25, 0.3) is 0 Å². The maximum absolute atomic E-state index is 3.37. The molecule has 0 aromatic carbocycles. The third-order valence-electron chi connectivity index (χ3n) is 2.25. The Labute approximate surface area is 66.4 Å². The van der Waals surface area contributed by atoms with Gasteiger partial charge in [-0.1, -0.05) is 0 Å². The Morgan fingerprint density at radius 2 is 2.40 bits per heavy atom. The van der Waals surface area contributed by atoms with Crippen molar-refractivity contribution in [2.45, 2.75) is 24.6 Å². The zero-order valence-corrected chi connectivity index (χ0v) is 6.99. The van der Waals surface area contributed by atoms with Crippen molar-refractivity contribution < 1.29 is 0 Å². The number of hydrogen-bond acceptors (Lipinski definition) is 3. The third kappa shape index (κ3) is 1.31. The second kappa shape index (κ2) is 3.11. The van der Waals surface area contributed by atoms with Crippen molar-refractivity contribution in [3.8, 4) is 0 Å². The predicted octanol–water partition coefficient (Wildman–Crippen LogP) is 1.05. The summed E-state index contributed by atoms with van der Waals surface area (Å²) in [6.45, 7) is 2.43. The summed E-state index contributed by atoms with van der Waals surface area (Å²) < 4.78 is 0. The number of nitrogens with one attached hydrogen (secondary N) is 1. The molecular formula is C7H14N2S. The molecule has 3 heteroatoms. The maximum Gasteiger partial charge on any atom is 0.0581 e. The molecule has 10 heavy (non-hydrogen) atoms. The minimum atomic E-state index is 0.843. The first kappa shape index (κ1) is 6.95. The fourth-order valence-corrected chi connectivity index (χ4v) is 2.80. The third-order valence-corrected chi connectivity index (χ3v) is 3.54. The lowest BCUT2D eigenvalue weighted by Gasteiger charge is -2.38. The lowest BCUT2D eigenvalue weighted by atomic mass is 10.1. The molecule has 0 aromatic rings. The largest absolute Gasteiger partial charge is 0.295 e. The van der Waals surface area contributed by atoms with Gasteiger partial charge in [0.2, 0.25) is 0 Å². The minimum absolute atomic E-state index is 0.843. The van der Waals surface area contributed by atoms with Gasteiger partial charge in [-0.15, -0.1) is 11.8 Å². The van der Waals surface area contributed by atoms with Crippen molar-refractivity contribution in [2.75, 3.05) is 19.1 Å². The molecule has 0 saturated carbocycles. The minimum Gasteiger partial charge on any atom is -0.295 e. The zero-order chi connectivity index (χ0) is 6.81. The molecule has 1 N–H and O–H groups in total. The van der Waals surface area contributed by atoms with E-state index < -0.39 is 0 Å². The van der Waals surface area contributed by atoms with Crippen molar-refractivity contribution in [2.24, 2.45) is 0 Å². The molecule has 2 rings (SSSR count). The number of rotatable bonds is 0. The zero-order valence-electron chi connectivity index (χ0n) is 6.18. The van der Waals surface area contributed by atoms with Crippen molar-refractivity contribution >= 4 is 11.8 Å². The number of fused-ring (bicyclic) bond motifs is 1. The standard InChI is InChI=1S/C7H14N2S/c1-2-4-9-5-8-6-10-7(9)3-1/h7-8H,1-6H2. The first-order chi connectivity index (χ1) is 4.97. The summed E-state index contributed by atoms with van der Waals surface area (Å²) in [4.78, 5) is 2.55. The van der Waals surface area contributed by atoms with E-state index >= 15 is 0 Å². The molecule has 0 bridgehead atoms. The highest BCUT2D eigenvalue weighted by atomic mass is 32.2. The fraction of sp³-hybridized carbons (Fsp3) is 1.00. The molecule has 0 radical (unpaired) electrons. The second-order valence-electron chi connectivity index (χ2n) is 2.98. The molecule has 0 aromatic heterocycles. The van der Waals surface area contributed by atoms with Crippen LogP contribution < -0.4 is 5.32 Å². The fourth-order valence-electron chi connectivity index (χ4n) is 1.67. The van der Waals surface area contributed by atoms with Gasteiger partial charge >= 0.3 is 0 Å². The van der Waals surface area contributed by atoms with Gasteiger partial charge in [-0.05, 0) is 19.3 Å². The van der Waals surface area contributed by atoms with Crippen LogP contribution in [0.2, 0.25) is 0 Å². The Bertz CT molecular complexity index is 92.2. The average molecular weight is 158 g/mol. The molecule has 2 fully saturated rings. The Kier molecular flexibility index (Phi) is 2.16. The van der Waals surface area contributed by atoms with Crippen LogP contribution >= 0.6 is 11.8 Å². The first-order valence-corrected chi connectivity index (χ1v) is 5.08. The van der Waals surface area contributed by atoms with E-state index in [1.807, 2.05) is 0 Å². The van der Waals surface area contributed by atoms with Crippen LogP contribution in [0.4, 0.5) is 0 Å². The summed E-state index contributed by atoms with van der Waals surface area (Å²) in [6, 6.07) is 0. The Morgan fingerprint density at radius 3 is 3.30 bits per heavy atom. The van der Waals surface area contributed by atoms with Crippen molar-refractivity contribution in [3.05, 3.63) is 0 Å². The molecule has 0 aliphatic carbocycles. The van der Waals surface area contributed by atoms with E-state index in [4.69, 9.17) is 0 Å². The Morgan fingerprint density at radius 1 is 1.40 bits per heavy atom. The summed E-state index contributed by atoms with van der Waals surface area (Å²) in [5, 5.41) is 4.22. The van der Waals surface area contributed by atoms with Crippen LogP contribution in [0.15, 0.2) is 0 Å². The van der Waals surface area contributed by atoms with Crippen molar-refractivity contribution in [1.82, 2.24) is 10.2 Å². The van der Waals surface area contributed by atoms with Gasteiger partial charge in [0, 0.05) is 19.1 Å². The highest BCUT2D eigenvalue weighted by molar-refractivity contribution is 7.99. The molecule has 2 aliphatic rings. The van der Waals surface area contributed by atoms with E-state index in [0.29, 0.717) is 0 Å². The van der Waals surface area contributed by atoms with Gasteiger partial charge in [0.05, 0.1) is 5.37 Å². The molecule has 1 atom stereocenters. The number of piperidine rings is 1. The molecule has 2 nitrogen and oxygen atoms in total. The monoisotopic (exact) mass is 158 g/mol. The summed E-state index contributed by atoms with van der Waals surface area (Å²) in [5.74, 6) is 1.15. The van der Waals surface area contributed by atoms with Crippen LogP contribution in [0.1, 0.15) is 19.3 Å². The summed E-state index contributed by atoms with van der Waals surface area (Å²) >= 11 is 2.06. The van der Waals surface area contributed by atoms with Gasteiger partial charge in [-0.25, -0.2) is 0 Å².